The maximum atomic E-state index is 12.5. The van der Waals surface area contributed by atoms with Crippen molar-refractivity contribution >= 4 is 28.5 Å². The topological polar surface area (TPSA) is 78.3 Å². The van der Waals surface area contributed by atoms with E-state index in [1.807, 2.05) is 36.7 Å². The van der Waals surface area contributed by atoms with Crippen LogP contribution in [0.4, 0.5) is 0 Å². The number of nitrogens with one attached hydrogen (secondary N) is 1. The van der Waals surface area contributed by atoms with E-state index in [1.165, 1.54) is 0 Å². The lowest BCUT2D eigenvalue weighted by molar-refractivity contribution is 0.0954. The largest absolute Gasteiger partial charge is 0.486 e. The number of aromatic nitrogens is 3. The Morgan fingerprint density at radius 1 is 1.25 bits per heavy atom. The number of nitrogens with zero attached hydrogens (tertiary/aromatic N) is 3. The molecule has 0 fully saturated rings. The van der Waals surface area contributed by atoms with Crippen LogP contribution in [-0.4, -0.2) is 40.4 Å². The van der Waals surface area contributed by atoms with E-state index in [0.29, 0.717) is 48.3 Å². The number of amides is 1. The lowest BCUT2D eigenvalue weighted by Gasteiger charge is -2.20. The second-order valence-electron chi connectivity index (χ2n) is 6.93. The van der Waals surface area contributed by atoms with Gasteiger partial charge in [0.15, 0.2) is 17.1 Å². The summed E-state index contributed by atoms with van der Waals surface area (Å²) in [5, 5.41) is 8.62. The minimum Gasteiger partial charge on any atom is -0.486 e. The highest BCUT2D eigenvalue weighted by atomic mass is 35.5. The highest BCUT2D eigenvalue weighted by Crippen LogP contribution is 2.38. The molecule has 1 N–H and O–H groups in total. The molecule has 1 aliphatic rings. The van der Waals surface area contributed by atoms with Crippen molar-refractivity contribution in [3.05, 3.63) is 46.7 Å². The molecule has 1 amide bonds. The number of hydrogen-bond donors (Lipinski definition) is 1. The van der Waals surface area contributed by atoms with Crippen molar-refractivity contribution in [3.8, 4) is 11.5 Å². The molecule has 1 aromatic carbocycles. The fourth-order valence-corrected chi connectivity index (χ4v) is 3.46. The van der Waals surface area contributed by atoms with Crippen molar-refractivity contribution in [2.45, 2.75) is 26.3 Å². The van der Waals surface area contributed by atoms with E-state index in [0.717, 1.165) is 16.6 Å². The van der Waals surface area contributed by atoms with Crippen LogP contribution in [0.5, 0.6) is 11.5 Å². The van der Waals surface area contributed by atoms with Crippen molar-refractivity contribution in [1.82, 2.24) is 20.1 Å². The summed E-state index contributed by atoms with van der Waals surface area (Å²) in [6, 6.07) is 5.77. The average Bonchev–Trinajstić information content (AvgIpc) is 3.11. The predicted molar refractivity (Wildman–Crippen MR) is 106 cm³/mol. The van der Waals surface area contributed by atoms with Gasteiger partial charge >= 0.3 is 0 Å². The lowest BCUT2D eigenvalue weighted by Crippen LogP contribution is -2.26. The lowest BCUT2D eigenvalue weighted by atomic mass is 10.1. The Morgan fingerprint density at radius 2 is 2.07 bits per heavy atom. The van der Waals surface area contributed by atoms with E-state index < -0.39 is 0 Å². The number of benzene rings is 1. The number of rotatable bonds is 5. The van der Waals surface area contributed by atoms with Crippen LogP contribution in [0.1, 0.15) is 35.8 Å². The molecular formula is C20H21ClN4O3. The summed E-state index contributed by atoms with van der Waals surface area (Å²) in [6.45, 7) is 5.55. The first-order valence-electron chi connectivity index (χ1n) is 9.22. The molecule has 0 saturated carbocycles. The van der Waals surface area contributed by atoms with Gasteiger partial charge in [0.05, 0.1) is 16.8 Å². The minimum absolute atomic E-state index is 0.171. The summed E-state index contributed by atoms with van der Waals surface area (Å²) < 4.78 is 12.9. The van der Waals surface area contributed by atoms with E-state index in [4.69, 9.17) is 21.1 Å². The van der Waals surface area contributed by atoms with Crippen molar-refractivity contribution in [1.29, 1.82) is 0 Å². The van der Waals surface area contributed by atoms with Gasteiger partial charge < -0.3 is 14.8 Å². The summed E-state index contributed by atoms with van der Waals surface area (Å²) in [4.78, 5) is 16.9. The smallest absolute Gasteiger partial charge is 0.252 e. The molecule has 0 atom stereocenters. The van der Waals surface area contributed by atoms with Gasteiger partial charge in [-0.1, -0.05) is 11.6 Å². The van der Waals surface area contributed by atoms with Gasteiger partial charge in [-0.05, 0) is 44.0 Å². The zero-order valence-corrected chi connectivity index (χ0v) is 16.5. The van der Waals surface area contributed by atoms with Gasteiger partial charge in [-0.3, -0.25) is 4.79 Å². The molecule has 3 heterocycles. The van der Waals surface area contributed by atoms with E-state index >= 15 is 0 Å². The molecule has 3 aromatic rings. The number of halogens is 1. The van der Waals surface area contributed by atoms with Crippen LogP contribution >= 0.6 is 11.6 Å². The van der Waals surface area contributed by atoms with Crippen LogP contribution in [0, 0.1) is 0 Å². The number of hydrogen-bond acceptors (Lipinski definition) is 5. The van der Waals surface area contributed by atoms with Crippen LogP contribution in [0.25, 0.3) is 11.0 Å². The standard InChI is InChI=1S/C20H21ClN4O3/c1-12(2)25-19-14(11-24-25)9-15(10-23-19)20(26)22-4-3-13-7-16(21)18-17(8-13)27-5-6-28-18/h7-12H,3-6H2,1-2H3,(H,22,26). The molecule has 0 aliphatic carbocycles. The maximum Gasteiger partial charge on any atom is 0.252 e. The fraction of sp³-hybridized carbons (Fsp3) is 0.350. The predicted octanol–water partition coefficient (Wildman–Crippen LogP) is 3.41. The summed E-state index contributed by atoms with van der Waals surface area (Å²) in [6.07, 6.45) is 3.94. The third-order valence-electron chi connectivity index (χ3n) is 4.54. The van der Waals surface area contributed by atoms with Crippen molar-refractivity contribution in [3.63, 3.8) is 0 Å². The highest BCUT2D eigenvalue weighted by Gasteiger charge is 2.17. The van der Waals surface area contributed by atoms with Gasteiger partial charge in [0.25, 0.3) is 5.91 Å². The van der Waals surface area contributed by atoms with E-state index in [1.54, 1.807) is 12.4 Å². The fourth-order valence-electron chi connectivity index (χ4n) is 3.17. The molecule has 28 heavy (non-hydrogen) atoms. The van der Waals surface area contributed by atoms with E-state index in [2.05, 4.69) is 15.4 Å². The van der Waals surface area contributed by atoms with Crippen molar-refractivity contribution < 1.29 is 14.3 Å². The van der Waals surface area contributed by atoms with Gasteiger partial charge in [-0.15, -0.1) is 0 Å². The zero-order chi connectivity index (χ0) is 19.7. The molecule has 4 rings (SSSR count). The zero-order valence-electron chi connectivity index (χ0n) is 15.7. The van der Waals surface area contributed by atoms with Crippen molar-refractivity contribution in [2.24, 2.45) is 0 Å². The number of ether oxygens (including phenoxy) is 2. The minimum atomic E-state index is -0.171. The molecule has 0 radical (unpaired) electrons. The molecule has 0 unspecified atom stereocenters. The molecule has 146 valence electrons. The highest BCUT2D eigenvalue weighted by molar-refractivity contribution is 6.32. The Bertz CT molecular complexity index is 1030. The van der Waals surface area contributed by atoms with E-state index in [-0.39, 0.29) is 11.9 Å². The number of carbonyl (C=O) groups is 1. The Labute approximate surface area is 167 Å². The molecule has 2 aromatic heterocycles. The Hall–Kier alpha value is -2.80. The third kappa shape index (κ3) is 3.62. The first kappa shape index (κ1) is 18.6. The molecule has 1 aliphatic heterocycles. The first-order valence-corrected chi connectivity index (χ1v) is 9.60. The van der Waals surface area contributed by atoms with Crippen LogP contribution in [0.2, 0.25) is 5.02 Å². The summed E-state index contributed by atoms with van der Waals surface area (Å²) in [5.41, 5.74) is 2.26. The van der Waals surface area contributed by atoms with Crippen LogP contribution in [0.3, 0.4) is 0 Å². The number of pyridine rings is 1. The quantitative estimate of drug-likeness (QED) is 0.710. The van der Waals surface area contributed by atoms with Gasteiger partial charge in [0.1, 0.15) is 13.2 Å². The van der Waals surface area contributed by atoms with Gasteiger partial charge in [-0.25, -0.2) is 9.67 Å². The Kier molecular flexibility index (Phi) is 5.09. The third-order valence-corrected chi connectivity index (χ3v) is 4.82. The SMILES string of the molecule is CC(C)n1ncc2cc(C(=O)NCCc3cc(Cl)c4c(c3)OCCO4)cnc21. The molecule has 0 spiro atoms. The summed E-state index contributed by atoms with van der Waals surface area (Å²) in [7, 11) is 0. The second kappa shape index (κ2) is 7.67. The van der Waals surface area contributed by atoms with Crippen LogP contribution in [-0.2, 0) is 6.42 Å². The molecule has 8 heteroatoms. The normalized spacial score (nSPS) is 13.1. The maximum absolute atomic E-state index is 12.5. The van der Waals surface area contributed by atoms with Crippen LogP contribution < -0.4 is 14.8 Å². The molecule has 7 nitrogen and oxygen atoms in total. The first-order chi connectivity index (χ1) is 13.5. The average molecular weight is 401 g/mol. The van der Waals surface area contributed by atoms with Gasteiger partial charge in [0, 0.05) is 24.2 Å². The summed E-state index contributed by atoms with van der Waals surface area (Å²) >= 11 is 6.26. The van der Waals surface area contributed by atoms with Crippen molar-refractivity contribution in [2.75, 3.05) is 19.8 Å². The van der Waals surface area contributed by atoms with Gasteiger partial charge in [0.2, 0.25) is 0 Å². The Morgan fingerprint density at radius 3 is 2.89 bits per heavy atom. The monoisotopic (exact) mass is 400 g/mol. The molecule has 0 bridgehead atoms. The second-order valence-corrected chi connectivity index (χ2v) is 7.33. The van der Waals surface area contributed by atoms with E-state index in [9.17, 15) is 4.79 Å². The number of fused-ring (bicyclic) bond motifs is 2. The number of carbonyl (C=O) groups excluding carboxylic acids is 1. The van der Waals surface area contributed by atoms with Gasteiger partial charge in [-0.2, -0.15) is 5.10 Å². The summed E-state index contributed by atoms with van der Waals surface area (Å²) in [5.74, 6) is 1.06. The molecule has 0 saturated heterocycles. The van der Waals surface area contributed by atoms with Crippen LogP contribution in [0.15, 0.2) is 30.6 Å². The molecular weight excluding hydrogens is 380 g/mol. The Balaban J connectivity index is 1.41.